The second kappa shape index (κ2) is 9.52. The van der Waals surface area contributed by atoms with E-state index in [-0.39, 0.29) is 17.9 Å². The third kappa shape index (κ3) is 4.57. The number of methoxy groups -OCH3 is 1. The molecule has 2 aromatic rings. The van der Waals surface area contributed by atoms with E-state index in [9.17, 15) is 9.59 Å². The number of hydrogen-bond acceptors (Lipinski definition) is 3. The molecular formula is C24H28N2O3. The van der Waals surface area contributed by atoms with Gasteiger partial charge in [-0.3, -0.25) is 9.59 Å². The number of rotatable bonds is 8. The molecule has 0 spiro atoms. The summed E-state index contributed by atoms with van der Waals surface area (Å²) in [4.78, 5) is 28.6. The molecule has 0 aromatic heterocycles. The van der Waals surface area contributed by atoms with Gasteiger partial charge in [0, 0.05) is 38.3 Å². The number of carbonyl (C=O) groups excluding carboxylic acids is 2. The Morgan fingerprint density at radius 2 is 1.72 bits per heavy atom. The number of ether oxygens (including phenoxy) is 1. The van der Waals surface area contributed by atoms with Crippen LogP contribution in [-0.2, 0) is 16.0 Å². The van der Waals surface area contributed by atoms with Crippen LogP contribution < -0.4 is 5.32 Å². The Kier molecular flexibility index (Phi) is 6.83. The van der Waals surface area contributed by atoms with Crippen molar-refractivity contribution in [2.24, 2.45) is 0 Å². The fourth-order valence-corrected chi connectivity index (χ4v) is 3.80. The molecule has 0 radical (unpaired) electrons. The van der Waals surface area contributed by atoms with Gasteiger partial charge in [-0.05, 0) is 31.0 Å². The fourth-order valence-electron chi connectivity index (χ4n) is 3.80. The van der Waals surface area contributed by atoms with E-state index in [0.717, 1.165) is 12.0 Å². The fraction of sp³-hybridized carbons (Fsp3) is 0.333. The number of hydrogen-bond donors (Lipinski definition) is 1. The van der Waals surface area contributed by atoms with Gasteiger partial charge in [0.05, 0.1) is 0 Å². The molecule has 0 saturated heterocycles. The summed E-state index contributed by atoms with van der Waals surface area (Å²) in [6, 6.07) is 18.8. The SMILES string of the molecule is COCCCNC(=O)[C@@]1(Cc2ccccc2)C=C[C@@H](C)N1C(=O)c1ccccc1. The highest BCUT2D eigenvalue weighted by Crippen LogP contribution is 2.33. The molecule has 1 aliphatic heterocycles. The van der Waals surface area contributed by atoms with Crippen molar-refractivity contribution >= 4 is 11.8 Å². The van der Waals surface area contributed by atoms with Gasteiger partial charge in [0.25, 0.3) is 5.91 Å². The van der Waals surface area contributed by atoms with Crippen molar-refractivity contribution in [3.05, 3.63) is 83.9 Å². The van der Waals surface area contributed by atoms with Crippen molar-refractivity contribution in [1.82, 2.24) is 10.2 Å². The number of nitrogens with one attached hydrogen (secondary N) is 1. The molecular weight excluding hydrogens is 364 g/mol. The Labute approximate surface area is 172 Å². The van der Waals surface area contributed by atoms with Gasteiger partial charge in [0.2, 0.25) is 5.91 Å². The average Bonchev–Trinajstić information content (AvgIpc) is 3.09. The highest BCUT2D eigenvalue weighted by Gasteiger charge is 2.49. The van der Waals surface area contributed by atoms with Crippen LogP contribution in [0.5, 0.6) is 0 Å². The normalized spacial score (nSPS) is 20.6. The maximum atomic E-state index is 13.4. The van der Waals surface area contributed by atoms with Gasteiger partial charge in [-0.1, -0.05) is 60.7 Å². The maximum Gasteiger partial charge on any atom is 0.255 e. The van der Waals surface area contributed by atoms with Crippen LogP contribution in [0.4, 0.5) is 0 Å². The van der Waals surface area contributed by atoms with Crippen LogP contribution in [0.2, 0.25) is 0 Å². The lowest BCUT2D eigenvalue weighted by Gasteiger charge is -2.39. The third-order valence-corrected chi connectivity index (χ3v) is 5.25. The number of carbonyl (C=O) groups is 2. The Balaban J connectivity index is 1.94. The van der Waals surface area contributed by atoms with Crippen molar-refractivity contribution in [3.63, 3.8) is 0 Å². The number of benzene rings is 2. The summed E-state index contributed by atoms with van der Waals surface area (Å²) in [5, 5.41) is 3.01. The highest BCUT2D eigenvalue weighted by atomic mass is 16.5. The molecule has 2 aromatic carbocycles. The molecule has 1 N–H and O–H groups in total. The molecule has 5 nitrogen and oxygen atoms in total. The monoisotopic (exact) mass is 392 g/mol. The molecule has 0 unspecified atom stereocenters. The summed E-state index contributed by atoms with van der Waals surface area (Å²) >= 11 is 0. The molecule has 3 rings (SSSR count). The zero-order chi connectivity index (χ0) is 20.7. The number of nitrogens with zero attached hydrogens (tertiary/aromatic N) is 1. The first kappa shape index (κ1) is 20.8. The minimum atomic E-state index is -1.07. The second-order valence-electron chi connectivity index (χ2n) is 7.33. The Bertz CT molecular complexity index is 851. The van der Waals surface area contributed by atoms with Gasteiger partial charge in [-0.2, -0.15) is 0 Å². The molecule has 1 aliphatic rings. The van der Waals surface area contributed by atoms with Crippen LogP contribution in [0.3, 0.4) is 0 Å². The lowest BCUT2D eigenvalue weighted by molar-refractivity contribution is -0.129. The lowest BCUT2D eigenvalue weighted by Crippen LogP contribution is -2.60. The van der Waals surface area contributed by atoms with Gasteiger partial charge in [0.1, 0.15) is 5.54 Å². The van der Waals surface area contributed by atoms with Crippen LogP contribution in [-0.4, -0.2) is 48.6 Å². The minimum Gasteiger partial charge on any atom is -0.385 e. The summed E-state index contributed by atoms with van der Waals surface area (Å²) in [5.74, 6) is -0.312. The first-order chi connectivity index (χ1) is 14.1. The summed E-state index contributed by atoms with van der Waals surface area (Å²) < 4.78 is 5.07. The Morgan fingerprint density at radius 3 is 2.38 bits per heavy atom. The first-order valence-corrected chi connectivity index (χ1v) is 9.98. The van der Waals surface area contributed by atoms with E-state index >= 15 is 0 Å². The molecule has 2 atom stereocenters. The minimum absolute atomic E-state index is 0.147. The molecule has 1 heterocycles. The molecule has 2 amide bonds. The average molecular weight is 392 g/mol. The predicted molar refractivity (Wildman–Crippen MR) is 114 cm³/mol. The van der Waals surface area contributed by atoms with Crippen LogP contribution in [0.1, 0.15) is 29.3 Å². The standard InChI is InChI=1S/C24H28N2O3/c1-19-14-15-24(18-20-10-5-3-6-11-20,23(28)25-16-9-17-29-2)26(19)22(27)21-12-7-4-8-13-21/h3-8,10-15,19H,9,16-18H2,1-2H3,(H,25,28)/t19-,24+/m1/s1. The van der Waals surface area contributed by atoms with Gasteiger partial charge in [-0.15, -0.1) is 0 Å². The van der Waals surface area contributed by atoms with Gasteiger partial charge < -0.3 is 15.0 Å². The Hall–Kier alpha value is -2.92. The van der Waals surface area contributed by atoms with Crippen molar-refractivity contribution < 1.29 is 14.3 Å². The van der Waals surface area contributed by atoms with Crippen LogP contribution in [0.15, 0.2) is 72.8 Å². The summed E-state index contributed by atoms with van der Waals surface area (Å²) in [7, 11) is 1.64. The maximum absolute atomic E-state index is 13.4. The summed E-state index contributed by atoms with van der Waals surface area (Å²) in [5.41, 5.74) is 0.512. The van der Waals surface area contributed by atoms with Gasteiger partial charge in [-0.25, -0.2) is 0 Å². The van der Waals surface area contributed by atoms with Crippen molar-refractivity contribution in [1.29, 1.82) is 0 Å². The zero-order valence-corrected chi connectivity index (χ0v) is 17.0. The largest absolute Gasteiger partial charge is 0.385 e. The molecule has 29 heavy (non-hydrogen) atoms. The quantitative estimate of drug-likeness (QED) is 0.554. The van der Waals surface area contributed by atoms with Crippen LogP contribution in [0, 0.1) is 0 Å². The molecule has 0 aliphatic carbocycles. The highest BCUT2D eigenvalue weighted by molar-refractivity contribution is 6.01. The molecule has 0 bridgehead atoms. The van der Waals surface area contributed by atoms with E-state index in [2.05, 4.69) is 5.32 Å². The summed E-state index contributed by atoms with van der Waals surface area (Å²) in [6.45, 7) is 3.02. The summed E-state index contributed by atoms with van der Waals surface area (Å²) in [6.07, 6.45) is 4.97. The molecule has 0 saturated carbocycles. The van der Waals surface area contributed by atoms with E-state index in [1.807, 2.05) is 67.6 Å². The second-order valence-corrected chi connectivity index (χ2v) is 7.33. The van der Waals surface area contributed by atoms with Crippen LogP contribution in [0.25, 0.3) is 0 Å². The van der Waals surface area contributed by atoms with E-state index in [1.165, 1.54) is 0 Å². The molecule has 152 valence electrons. The molecule has 5 heteroatoms. The Morgan fingerprint density at radius 1 is 1.07 bits per heavy atom. The van der Waals surface area contributed by atoms with Crippen LogP contribution >= 0.6 is 0 Å². The van der Waals surface area contributed by atoms with E-state index in [4.69, 9.17) is 4.74 Å². The zero-order valence-electron chi connectivity index (χ0n) is 17.0. The molecule has 0 fully saturated rings. The predicted octanol–water partition coefficient (Wildman–Crippen LogP) is 3.22. The number of amides is 2. The van der Waals surface area contributed by atoms with Crippen molar-refractivity contribution in [2.45, 2.75) is 31.3 Å². The van der Waals surface area contributed by atoms with E-state index in [0.29, 0.717) is 25.1 Å². The smallest absolute Gasteiger partial charge is 0.255 e. The first-order valence-electron chi connectivity index (χ1n) is 9.98. The van der Waals surface area contributed by atoms with Crippen molar-refractivity contribution in [2.75, 3.05) is 20.3 Å². The third-order valence-electron chi connectivity index (χ3n) is 5.25. The van der Waals surface area contributed by atoms with E-state index < -0.39 is 5.54 Å². The van der Waals surface area contributed by atoms with E-state index in [1.54, 1.807) is 24.1 Å². The lowest BCUT2D eigenvalue weighted by atomic mass is 9.88. The van der Waals surface area contributed by atoms with Gasteiger partial charge in [0.15, 0.2) is 0 Å². The topological polar surface area (TPSA) is 58.6 Å². The van der Waals surface area contributed by atoms with Crippen molar-refractivity contribution in [3.8, 4) is 0 Å². The van der Waals surface area contributed by atoms with Gasteiger partial charge >= 0.3 is 0 Å².